The number of nitrogens with zero attached hydrogens (tertiary/aromatic N) is 2. The van der Waals surface area contributed by atoms with Gasteiger partial charge in [0.15, 0.2) is 0 Å². The van der Waals surface area contributed by atoms with Crippen LogP contribution in [0.1, 0.15) is 23.2 Å². The number of hydrogen-bond acceptors (Lipinski definition) is 5. The molecule has 0 saturated carbocycles. The summed E-state index contributed by atoms with van der Waals surface area (Å²) in [5, 5.41) is 0. The van der Waals surface area contributed by atoms with Crippen molar-refractivity contribution in [2.75, 3.05) is 39.4 Å². The Kier molecular flexibility index (Phi) is 6.73. The fourth-order valence-electron chi connectivity index (χ4n) is 3.80. The molecule has 0 aromatic heterocycles. The Labute approximate surface area is 185 Å². The average molecular weight is 467 g/mol. The molecule has 2 aromatic carbocycles. The molecule has 0 spiro atoms. The summed E-state index contributed by atoms with van der Waals surface area (Å²) in [7, 11) is -4.12. The molecule has 0 aliphatic carbocycles. The van der Waals surface area contributed by atoms with Crippen LogP contribution in [0.2, 0.25) is 0 Å². The molecule has 2 aliphatic rings. The third kappa shape index (κ3) is 4.92. The summed E-state index contributed by atoms with van der Waals surface area (Å²) in [4.78, 5) is 13.8. The van der Waals surface area contributed by atoms with E-state index in [-0.39, 0.29) is 38.2 Å². The van der Waals surface area contributed by atoms with Crippen molar-refractivity contribution < 1.29 is 31.5 Å². The van der Waals surface area contributed by atoms with Crippen molar-refractivity contribution in [2.45, 2.75) is 23.8 Å². The van der Waals surface area contributed by atoms with Crippen LogP contribution < -0.4 is 4.74 Å². The van der Waals surface area contributed by atoms with Crippen molar-refractivity contribution in [1.29, 1.82) is 0 Å². The number of sulfonamides is 1. The van der Waals surface area contributed by atoms with Crippen LogP contribution in [-0.2, 0) is 14.8 Å². The summed E-state index contributed by atoms with van der Waals surface area (Å²) in [5.74, 6) is -1.56. The van der Waals surface area contributed by atoms with Gasteiger partial charge in [-0.15, -0.1) is 0 Å². The number of rotatable bonds is 6. The zero-order valence-electron chi connectivity index (χ0n) is 17.4. The van der Waals surface area contributed by atoms with E-state index < -0.39 is 26.6 Å². The van der Waals surface area contributed by atoms with Crippen molar-refractivity contribution in [3.63, 3.8) is 0 Å². The lowest BCUT2D eigenvalue weighted by atomic mass is 10.2. The van der Waals surface area contributed by atoms with E-state index in [1.54, 1.807) is 29.2 Å². The van der Waals surface area contributed by atoms with Gasteiger partial charge in [0.2, 0.25) is 10.0 Å². The molecule has 2 fully saturated rings. The van der Waals surface area contributed by atoms with E-state index in [0.717, 1.165) is 35.9 Å². The smallest absolute Gasteiger partial charge is 0.253 e. The van der Waals surface area contributed by atoms with E-state index in [2.05, 4.69) is 0 Å². The fourth-order valence-corrected chi connectivity index (χ4v) is 5.26. The second-order valence-electron chi connectivity index (χ2n) is 7.74. The summed E-state index contributed by atoms with van der Waals surface area (Å²) in [6, 6.07) is 9.15. The Hall–Kier alpha value is -2.56. The van der Waals surface area contributed by atoms with Gasteiger partial charge in [-0.3, -0.25) is 4.79 Å². The molecule has 1 atom stereocenters. The second-order valence-corrected chi connectivity index (χ2v) is 9.65. The van der Waals surface area contributed by atoms with Gasteiger partial charge >= 0.3 is 0 Å². The summed E-state index contributed by atoms with van der Waals surface area (Å²) in [6.45, 7) is 1.60. The minimum Gasteiger partial charge on any atom is -0.491 e. The Morgan fingerprint density at radius 1 is 1.06 bits per heavy atom. The highest BCUT2D eigenvalue weighted by Crippen LogP contribution is 2.22. The van der Waals surface area contributed by atoms with Gasteiger partial charge in [0.25, 0.3) is 5.91 Å². The van der Waals surface area contributed by atoms with Crippen LogP contribution in [0.5, 0.6) is 5.75 Å². The second kappa shape index (κ2) is 9.51. The first-order valence-electron chi connectivity index (χ1n) is 10.4. The predicted octanol–water partition coefficient (Wildman–Crippen LogP) is 2.67. The van der Waals surface area contributed by atoms with Gasteiger partial charge in [-0.1, -0.05) is 0 Å². The van der Waals surface area contributed by atoms with Crippen molar-refractivity contribution in [2.24, 2.45) is 0 Å². The molecule has 172 valence electrons. The zero-order valence-corrected chi connectivity index (χ0v) is 18.2. The van der Waals surface area contributed by atoms with E-state index in [1.807, 2.05) is 0 Å². The van der Waals surface area contributed by atoms with Crippen LogP contribution in [0, 0.1) is 11.6 Å². The van der Waals surface area contributed by atoms with Crippen molar-refractivity contribution in [3.05, 3.63) is 59.7 Å². The first kappa shape index (κ1) is 22.6. The maximum absolute atomic E-state index is 14.0. The van der Waals surface area contributed by atoms with Crippen molar-refractivity contribution >= 4 is 15.9 Å². The van der Waals surface area contributed by atoms with Gasteiger partial charge in [-0.05, 0) is 49.2 Å². The summed E-state index contributed by atoms with van der Waals surface area (Å²) in [6.07, 6.45) is 2.12. The van der Waals surface area contributed by atoms with E-state index in [9.17, 15) is 22.0 Å². The fraction of sp³-hybridized carbons (Fsp3) is 0.409. The molecule has 2 saturated heterocycles. The molecule has 0 N–H and O–H groups in total. The van der Waals surface area contributed by atoms with E-state index >= 15 is 0 Å². The Morgan fingerprint density at radius 2 is 1.78 bits per heavy atom. The number of amides is 1. The molecule has 2 aliphatic heterocycles. The van der Waals surface area contributed by atoms with Crippen LogP contribution in [-0.4, -0.2) is 69.0 Å². The highest BCUT2D eigenvalue weighted by Gasteiger charge is 2.32. The standard InChI is InChI=1S/C22H24F2N2O5S/c23-17-5-8-21(20(24)14-17)32(28,29)26-11-9-25(10-12-26)22(27)16-3-6-18(7-4-16)31-15-19-2-1-13-30-19/h3-8,14,19H,1-2,9-13,15H2. The highest BCUT2D eigenvalue weighted by atomic mass is 32.2. The molecule has 1 amide bonds. The Bertz CT molecular complexity index is 1060. The van der Waals surface area contributed by atoms with Gasteiger partial charge in [0.1, 0.15) is 28.9 Å². The average Bonchev–Trinajstić information content (AvgIpc) is 3.31. The normalized spacial score (nSPS) is 19.8. The molecule has 7 nitrogen and oxygen atoms in total. The molecular formula is C22H24F2N2O5S. The van der Waals surface area contributed by atoms with Crippen LogP contribution in [0.4, 0.5) is 8.78 Å². The van der Waals surface area contributed by atoms with E-state index in [1.165, 1.54) is 0 Å². The SMILES string of the molecule is O=C(c1ccc(OCC2CCCO2)cc1)N1CCN(S(=O)(=O)c2ccc(F)cc2F)CC1. The number of piperazine rings is 1. The molecule has 4 rings (SSSR count). The number of hydrogen-bond donors (Lipinski definition) is 0. The number of benzene rings is 2. The molecule has 0 radical (unpaired) electrons. The largest absolute Gasteiger partial charge is 0.491 e. The van der Waals surface area contributed by atoms with Crippen LogP contribution in [0.25, 0.3) is 0 Å². The van der Waals surface area contributed by atoms with Gasteiger partial charge in [0, 0.05) is 44.4 Å². The molecule has 1 unspecified atom stereocenters. The molecule has 2 aromatic rings. The zero-order chi connectivity index (χ0) is 22.7. The minimum absolute atomic E-state index is 0.0213. The Balaban J connectivity index is 1.34. The minimum atomic E-state index is -4.12. The lowest BCUT2D eigenvalue weighted by Crippen LogP contribution is -2.50. The molecule has 2 heterocycles. The van der Waals surface area contributed by atoms with E-state index in [4.69, 9.17) is 9.47 Å². The van der Waals surface area contributed by atoms with Crippen molar-refractivity contribution in [1.82, 2.24) is 9.21 Å². The summed E-state index contributed by atoms with van der Waals surface area (Å²) in [5.41, 5.74) is 0.468. The predicted molar refractivity (Wildman–Crippen MR) is 112 cm³/mol. The van der Waals surface area contributed by atoms with Crippen LogP contribution >= 0.6 is 0 Å². The van der Waals surface area contributed by atoms with Crippen LogP contribution in [0.3, 0.4) is 0 Å². The number of ether oxygens (including phenoxy) is 2. The van der Waals surface area contributed by atoms with Crippen LogP contribution in [0.15, 0.2) is 47.4 Å². The van der Waals surface area contributed by atoms with Gasteiger partial charge in [-0.2, -0.15) is 4.31 Å². The lowest BCUT2D eigenvalue weighted by molar-refractivity contribution is 0.0676. The lowest BCUT2D eigenvalue weighted by Gasteiger charge is -2.34. The highest BCUT2D eigenvalue weighted by molar-refractivity contribution is 7.89. The van der Waals surface area contributed by atoms with Gasteiger partial charge < -0.3 is 14.4 Å². The third-order valence-electron chi connectivity index (χ3n) is 5.60. The summed E-state index contributed by atoms with van der Waals surface area (Å²) < 4.78 is 64.8. The molecule has 0 bridgehead atoms. The first-order valence-corrected chi connectivity index (χ1v) is 11.9. The molecular weight excluding hydrogens is 442 g/mol. The van der Waals surface area contributed by atoms with Gasteiger partial charge in [0.05, 0.1) is 6.10 Å². The number of halogens is 2. The first-order chi connectivity index (χ1) is 15.3. The molecule has 10 heteroatoms. The Morgan fingerprint density at radius 3 is 2.41 bits per heavy atom. The topological polar surface area (TPSA) is 76.2 Å². The number of carbonyl (C=O) groups excluding carboxylic acids is 1. The monoisotopic (exact) mass is 466 g/mol. The van der Waals surface area contributed by atoms with E-state index in [0.29, 0.717) is 24.0 Å². The molecule has 32 heavy (non-hydrogen) atoms. The maximum atomic E-state index is 14.0. The maximum Gasteiger partial charge on any atom is 0.253 e. The van der Waals surface area contributed by atoms with Gasteiger partial charge in [-0.25, -0.2) is 17.2 Å². The quantitative estimate of drug-likeness (QED) is 0.654. The van der Waals surface area contributed by atoms with Crippen molar-refractivity contribution in [3.8, 4) is 5.75 Å². The summed E-state index contributed by atoms with van der Waals surface area (Å²) >= 11 is 0. The number of carbonyl (C=O) groups is 1. The third-order valence-corrected chi connectivity index (χ3v) is 7.53.